The SMILES string of the molecule is COc1ccc(S(=O)(=O)CCC(=O)N2c3ccc(F)cc3CCC2C)cc1. The van der Waals surface area contributed by atoms with Crippen LogP contribution in [0, 0.1) is 5.82 Å². The molecule has 5 nitrogen and oxygen atoms in total. The Morgan fingerprint density at radius 3 is 2.59 bits per heavy atom. The van der Waals surface area contributed by atoms with Crippen molar-refractivity contribution in [1.82, 2.24) is 0 Å². The van der Waals surface area contributed by atoms with Gasteiger partial charge in [-0.25, -0.2) is 12.8 Å². The molecule has 1 aliphatic rings. The number of halogens is 1. The minimum Gasteiger partial charge on any atom is -0.497 e. The molecular formula is C20H22FNO4S. The molecule has 0 spiro atoms. The van der Waals surface area contributed by atoms with E-state index < -0.39 is 9.84 Å². The highest BCUT2D eigenvalue weighted by atomic mass is 32.2. The summed E-state index contributed by atoms with van der Waals surface area (Å²) >= 11 is 0. The minimum atomic E-state index is -3.58. The molecule has 0 fully saturated rings. The highest BCUT2D eigenvalue weighted by Gasteiger charge is 2.29. The number of hydrogen-bond donors (Lipinski definition) is 0. The number of fused-ring (bicyclic) bond motifs is 1. The Hall–Kier alpha value is -2.41. The number of carbonyl (C=O) groups is 1. The zero-order valence-corrected chi connectivity index (χ0v) is 16.1. The number of aryl methyl sites for hydroxylation is 1. The zero-order valence-electron chi connectivity index (χ0n) is 15.3. The lowest BCUT2D eigenvalue weighted by Gasteiger charge is -2.35. The average Bonchev–Trinajstić information content (AvgIpc) is 2.66. The monoisotopic (exact) mass is 391 g/mol. The number of nitrogens with zero attached hydrogens (tertiary/aromatic N) is 1. The van der Waals surface area contributed by atoms with Crippen molar-refractivity contribution in [3.05, 3.63) is 53.8 Å². The van der Waals surface area contributed by atoms with E-state index >= 15 is 0 Å². The summed E-state index contributed by atoms with van der Waals surface area (Å²) in [5.74, 6) is -0.321. The molecule has 0 saturated heterocycles. The van der Waals surface area contributed by atoms with Crippen LogP contribution >= 0.6 is 0 Å². The van der Waals surface area contributed by atoms with Gasteiger partial charge in [0.25, 0.3) is 0 Å². The molecule has 0 radical (unpaired) electrons. The molecule has 144 valence electrons. The van der Waals surface area contributed by atoms with Crippen molar-refractivity contribution in [2.75, 3.05) is 17.8 Å². The first-order chi connectivity index (χ1) is 12.8. The van der Waals surface area contributed by atoms with Crippen LogP contribution in [0.1, 0.15) is 25.3 Å². The van der Waals surface area contributed by atoms with Crippen LogP contribution in [0.25, 0.3) is 0 Å². The molecule has 1 aliphatic heterocycles. The third-order valence-electron chi connectivity index (χ3n) is 4.85. The largest absolute Gasteiger partial charge is 0.497 e. The quantitative estimate of drug-likeness (QED) is 0.784. The molecular weight excluding hydrogens is 369 g/mol. The molecule has 27 heavy (non-hydrogen) atoms. The molecule has 0 aliphatic carbocycles. The summed E-state index contributed by atoms with van der Waals surface area (Å²) in [7, 11) is -2.08. The van der Waals surface area contributed by atoms with E-state index in [0.717, 1.165) is 5.56 Å². The van der Waals surface area contributed by atoms with Crippen molar-refractivity contribution >= 4 is 21.4 Å². The van der Waals surface area contributed by atoms with Crippen LogP contribution in [0.2, 0.25) is 0 Å². The molecule has 7 heteroatoms. The molecule has 3 rings (SSSR count). The molecule has 0 aromatic heterocycles. The number of rotatable bonds is 5. The number of carbonyl (C=O) groups excluding carboxylic acids is 1. The van der Waals surface area contributed by atoms with Crippen LogP contribution in [-0.4, -0.2) is 33.2 Å². The Balaban J connectivity index is 1.75. The average molecular weight is 391 g/mol. The van der Waals surface area contributed by atoms with Crippen molar-refractivity contribution < 1.29 is 22.3 Å². The Morgan fingerprint density at radius 1 is 1.22 bits per heavy atom. The first-order valence-electron chi connectivity index (χ1n) is 8.79. The zero-order chi connectivity index (χ0) is 19.6. The second kappa shape index (κ2) is 7.68. The normalized spacial score (nSPS) is 16.7. The maximum absolute atomic E-state index is 13.5. The highest BCUT2D eigenvalue weighted by Crippen LogP contribution is 2.32. The molecule has 1 heterocycles. The predicted molar refractivity (Wildman–Crippen MR) is 101 cm³/mol. The second-order valence-corrected chi connectivity index (χ2v) is 8.78. The van der Waals surface area contributed by atoms with Crippen LogP contribution in [-0.2, 0) is 21.1 Å². The number of sulfone groups is 1. The standard InChI is InChI=1S/C20H22FNO4S/c1-14-3-4-15-13-16(21)5-10-19(15)22(14)20(23)11-12-27(24,25)18-8-6-17(26-2)7-9-18/h5-10,13-14H,3-4,11-12H2,1-2H3. The van der Waals surface area contributed by atoms with Gasteiger partial charge in [-0.3, -0.25) is 4.79 Å². The lowest BCUT2D eigenvalue weighted by Crippen LogP contribution is -2.42. The summed E-state index contributed by atoms with van der Waals surface area (Å²) in [5.41, 5.74) is 1.45. The van der Waals surface area contributed by atoms with Crippen LogP contribution < -0.4 is 9.64 Å². The molecule has 1 unspecified atom stereocenters. The molecule has 0 N–H and O–H groups in total. The summed E-state index contributed by atoms with van der Waals surface area (Å²) < 4.78 is 43.6. The Bertz CT molecular complexity index is 941. The fraction of sp³-hybridized carbons (Fsp3) is 0.350. The minimum absolute atomic E-state index is 0.0563. The van der Waals surface area contributed by atoms with Gasteiger partial charge in [0.2, 0.25) is 5.91 Å². The van der Waals surface area contributed by atoms with Crippen molar-refractivity contribution in [3.63, 3.8) is 0 Å². The van der Waals surface area contributed by atoms with E-state index in [4.69, 9.17) is 4.74 Å². The van der Waals surface area contributed by atoms with Crippen molar-refractivity contribution in [2.24, 2.45) is 0 Å². The van der Waals surface area contributed by atoms with E-state index in [1.54, 1.807) is 23.1 Å². The summed E-state index contributed by atoms with van der Waals surface area (Å²) in [6.45, 7) is 1.92. The predicted octanol–water partition coefficient (Wildman–Crippen LogP) is 3.37. The van der Waals surface area contributed by atoms with Crippen molar-refractivity contribution in [2.45, 2.75) is 37.1 Å². The van der Waals surface area contributed by atoms with Crippen LogP contribution in [0.15, 0.2) is 47.4 Å². The lowest BCUT2D eigenvalue weighted by molar-refractivity contribution is -0.118. The van der Waals surface area contributed by atoms with Gasteiger partial charge < -0.3 is 9.64 Å². The third kappa shape index (κ3) is 4.13. The number of benzene rings is 2. The maximum atomic E-state index is 13.5. The van der Waals surface area contributed by atoms with E-state index in [9.17, 15) is 17.6 Å². The highest BCUT2D eigenvalue weighted by molar-refractivity contribution is 7.91. The first-order valence-corrected chi connectivity index (χ1v) is 10.4. The number of methoxy groups -OCH3 is 1. The smallest absolute Gasteiger partial charge is 0.228 e. The molecule has 1 atom stereocenters. The third-order valence-corrected chi connectivity index (χ3v) is 6.58. The maximum Gasteiger partial charge on any atom is 0.228 e. The Kier molecular flexibility index (Phi) is 5.51. The first kappa shape index (κ1) is 19.4. The Labute approximate surface area is 158 Å². The summed E-state index contributed by atoms with van der Waals surface area (Å²) in [6, 6.07) is 10.4. The van der Waals surface area contributed by atoms with E-state index in [2.05, 4.69) is 0 Å². The van der Waals surface area contributed by atoms with Gasteiger partial charge in [0, 0.05) is 18.2 Å². The molecule has 0 saturated carbocycles. The number of amides is 1. The van der Waals surface area contributed by atoms with Gasteiger partial charge in [0.15, 0.2) is 9.84 Å². The molecule has 2 aromatic rings. The van der Waals surface area contributed by atoms with Gasteiger partial charge in [-0.15, -0.1) is 0 Å². The van der Waals surface area contributed by atoms with E-state index in [-0.39, 0.29) is 34.8 Å². The molecule has 2 aromatic carbocycles. The van der Waals surface area contributed by atoms with Crippen LogP contribution in [0.5, 0.6) is 5.75 Å². The number of ether oxygens (including phenoxy) is 1. The van der Waals surface area contributed by atoms with Crippen LogP contribution in [0.4, 0.5) is 10.1 Å². The fourth-order valence-corrected chi connectivity index (χ4v) is 4.57. The van der Waals surface area contributed by atoms with Gasteiger partial charge in [0.1, 0.15) is 11.6 Å². The van der Waals surface area contributed by atoms with Gasteiger partial charge in [0.05, 0.1) is 17.8 Å². The van der Waals surface area contributed by atoms with E-state index in [1.807, 2.05) is 6.92 Å². The van der Waals surface area contributed by atoms with Gasteiger partial charge in [-0.05, 0) is 67.8 Å². The van der Waals surface area contributed by atoms with E-state index in [1.165, 1.54) is 31.4 Å². The summed E-state index contributed by atoms with van der Waals surface area (Å²) in [4.78, 5) is 14.5. The lowest BCUT2D eigenvalue weighted by atomic mass is 9.96. The summed E-state index contributed by atoms with van der Waals surface area (Å²) in [6.07, 6.45) is 1.28. The van der Waals surface area contributed by atoms with E-state index in [0.29, 0.717) is 24.3 Å². The Morgan fingerprint density at radius 2 is 1.93 bits per heavy atom. The molecule has 1 amide bonds. The van der Waals surface area contributed by atoms with Gasteiger partial charge in [-0.2, -0.15) is 0 Å². The van der Waals surface area contributed by atoms with Crippen molar-refractivity contribution in [3.8, 4) is 5.75 Å². The second-order valence-electron chi connectivity index (χ2n) is 6.67. The van der Waals surface area contributed by atoms with Gasteiger partial charge >= 0.3 is 0 Å². The summed E-state index contributed by atoms with van der Waals surface area (Å²) in [5, 5.41) is 0. The topological polar surface area (TPSA) is 63.7 Å². The van der Waals surface area contributed by atoms with Gasteiger partial charge in [-0.1, -0.05) is 0 Å². The number of hydrogen-bond acceptors (Lipinski definition) is 4. The van der Waals surface area contributed by atoms with Crippen molar-refractivity contribution in [1.29, 1.82) is 0 Å². The number of anilines is 1. The fourth-order valence-electron chi connectivity index (χ4n) is 3.34. The molecule has 0 bridgehead atoms. The van der Waals surface area contributed by atoms with Crippen LogP contribution in [0.3, 0.4) is 0 Å².